The largest absolute Gasteiger partial charge is 0.380 e. The quantitative estimate of drug-likeness (QED) is 0.676. The Balaban J connectivity index is 1.91. The van der Waals surface area contributed by atoms with Crippen LogP contribution in [-0.4, -0.2) is 18.1 Å². The number of nitrogens with two attached hydrogens (primary N) is 1. The van der Waals surface area contributed by atoms with E-state index < -0.39 is 10.3 Å². The third-order valence-electron chi connectivity index (χ3n) is 3.60. The molecule has 10 heteroatoms. The first-order valence-corrected chi connectivity index (χ1v) is 9.47. The molecule has 0 aliphatic carbocycles. The first-order chi connectivity index (χ1) is 12.9. The fraction of sp³-hybridized carbons (Fsp3) is 0.0588. The molecule has 138 valence electrons. The van der Waals surface area contributed by atoms with Crippen molar-refractivity contribution in [3.05, 3.63) is 77.3 Å². The molecule has 0 saturated heterocycles. The summed E-state index contributed by atoms with van der Waals surface area (Å²) in [5, 5.41) is 15.9. The Bertz CT molecular complexity index is 1080. The summed E-state index contributed by atoms with van der Waals surface area (Å²) in [7, 11) is -4.15. The van der Waals surface area contributed by atoms with Crippen molar-refractivity contribution in [3.8, 4) is 11.8 Å². The van der Waals surface area contributed by atoms with Crippen LogP contribution in [0.3, 0.4) is 0 Å². The maximum absolute atomic E-state index is 11.1. The van der Waals surface area contributed by atoms with Gasteiger partial charge in [0.2, 0.25) is 0 Å². The van der Waals surface area contributed by atoms with Crippen LogP contribution in [0.2, 0.25) is 5.02 Å². The molecule has 0 radical (unpaired) electrons. The third kappa shape index (κ3) is 4.77. The summed E-state index contributed by atoms with van der Waals surface area (Å²) in [6.07, 6.45) is 5.06. The summed E-state index contributed by atoms with van der Waals surface area (Å²) in [5.74, 6) is -0.0459. The Morgan fingerprint density at radius 3 is 2.56 bits per heavy atom. The highest BCUT2D eigenvalue weighted by Crippen LogP contribution is 2.28. The molecule has 0 amide bonds. The van der Waals surface area contributed by atoms with Crippen molar-refractivity contribution in [1.82, 2.24) is 9.66 Å². The van der Waals surface area contributed by atoms with Gasteiger partial charge in [0.1, 0.15) is 6.33 Å². The van der Waals surface area contributed by atoms with Gasteiger partial charge in [0, 0.05) is 12.4 Å². The highest BCUT2D eigenvalue weighted by molar-refractivity contribution is 7.84. The van der Waals surface area contributed by atoms with E-state index in [0.717, 1.165) is 11.3 Å². The van der Waals surface area contributed by atoms with Gasteiger partial charge in [0.25, 0.3) is 0 Å². The second-order valence-electron chi connectivity index (χ2n) is 5.50. The Labute approximate surface area is 161 Å². The van der Waals surface area contributed by atoms with Crippen molar-refractivity contribution in [2.75, 3.05) is 5.01 Å². The molecule has 2 N–H and O–H groups in total. The zero-order valence-corrected chi connectivity index (χ0v) is 15.4. The standard InChI is InChI=1S/C17H14ClN5O3S/c18-16-9-14(3-6-17(16)26-27(20,24)25)11-23(22-8-7-21-12-22)15-4-1-13(10-19)2-5-15/h1-9,12H,11H2,(H2,20,24,25). The molecule has 27 heavy (non-hydrogen) atoms. The number of nitriles is 1. The van der Waals surface area contributed by atoms with Crippen molar-refractivity contribution in [1.29, 1.82) is 5.26 Å². The predicted molar refractivity (Wildman–Crippen MR) is 100 cm³/mol. The molecular formula is C17H14ClN5O3S. The van der Waals surface area contributed by atoms with Crippen LogP contribution in [0.5, 0.6) is 5.75 Å². The van der Waals surface area contributed by atoms with Crippen molar-refractivity contribution >= 4 is 27.6 Å². The Hall–Kier alpha value is -3.06. The molecule has 1 aromatic heterocycles. The first-order valence-electron chi connectivity index (χ1n) is 7.62. The van der Waals surface area contributed by atoms with Crippen molar-refractivity contribution in [3.63, 3.8) is 0 Å². The number of hydrogen-bond donors (Lipinski definition) is 1. The normalized spacial score (nSPS) is 11.0. The zero-order chi connectivity index (χ0) is 19.4. The monoisotopic (exact) mass is 403 g/mol. The van der Waals surface area contributed by atoms with Crippen LogP contribution >= 0.6 is 11.6 Å². The van der Waals surface area contributed by atoms with Crippen molar-refractivity contribution < 1.29 is 12.6 Å². The molecule has 0 aliphatic rings. The van der Waals surface area contributed by atoms with Crippen LogP contribution in [0.1, 0.15) is 11.1 Å². The van der Waals surface area contributed by atoms with E-state index in [1.165, 1.54) is 6.07 Å². The smallest absolute Gasteiger partial charge is 0.369 e. The molecule has 0 fully saturated rings. The summed E-state index contributed by atoms with van der Waals surface area (Å²) in [6.45, 7) is 0.400. The summed E-state index contributed by atoms with van der Waals surface area (Å²) >= 11 is 6.11. The van der Waals surface area contributed by atoms with Gasteiger partial charge in [-0.25, -0.2) is 9.66 Å². The molecular weight excluding hydrogens is 390 g/mol. The lowest BCUT2D eigenvalue weighted by Gasteiger charge is -2.26. The van der Waals surface area contributed by atoms with E-state index in [1.807, 2.05) is 17.1 Å². The first kappa shape index (κ1) is 18.7. The molecule has 1 heterocycles. The minimum Gasteiger partial charge on any atom is -0.369 e. The lowest BCUT2D eigenvalue weighted by Crippen LogP contribution is -2.27. The summed E-state index contributed by atoms with van der Waals surface area (Å²) in [4.78, 5) is 4.06. The van der Waals surface area contributed by atoms with Crippen molar-refractivity contribution in [2.45, 2.75) is 6.54 Å². The minimum absolute atomic E-state index is 0.0459. The second-order valence-corrected chi connectivity index (χ2v) is 7.06. The van der Waals surface area contributed by atoms with E-state index in [4.69, 9.17) is 22.0 Å². The van der Waals surface area contributed by atoms with Crippen LogP contribution < -0.4 is 14.3 Å². The van der Waals surface area contributed by atoms with Crippen LogP contribution in [-0.2, 0) is 16.8 Å². The summed E-state index contributed by atoms with van der Waals surface area (Å²) in [6, 6.07) is 13.9. The predicted octanol–water partition coefficient (Wildman–Crippen LogP) is 2.46. The molecule has 0 saturated carbocycles. The maximum Gasteiger partial charge on any atom is 0.380 e. The highest BCUT2D eigenvalue weighted by Gasteiger charge is 2.13. The maximum atomic E-state index is 11.1. The van der Waals surface area contributed by atoms with Gasteiger partial charge >= 0.3 is 10.3 Å². The van der Waals surface area contributed by atoms with Crippen molar-refractivity contribution in [2.24, 2.45) is 5.14 Å². The van der Waals surface area contributed by atoms with Gasteiger partial charge in [-0.2, -0.15) is 18.8 Å². The number of halogens is 1. The molecule has 0 atom stereocenters. The topological polar surface area (TPSA) is 114 Å². The zero-order valence-electron chi connectivity index (χ0n) is 13.9. The summed E-state index contributed by atoms with van der Waals surface area (Å²) in [5.41, 5.74) is 2.17. The number of hydrogen-bond acceptors (Lipinski definition) is 6. The molecule has 0 aliphatic heterocycles. The Morgan fingerprint density at radius 2 is 2.00 bits per heavy atom. The lowest BCUT2D eigenvalue weighted by atomic mass is 10.2. The van der Waals surface area contributed by atoms with E-state index in [9.17, 15) is 8.42 Å². The average molecular weight is 404 g/mol. The number of benzene rings is 2. The van der Waals surface area contributed by atoms with E-state index in [2.05, 4.69) is 15.2 Å². The van der Waals surface area contributed by atoms with Gasteiger partial charge < -0.3 is 4.18 Å². The fourth-order valence-corrected chi connectivity index (χ4v) is 3.10. The number of nitrogens with zero attached hydrogens (tertiary/aromatic N) is 4. The lowest BCUT2D eigenvalue weighted by molar-refractivity contribution is 0.487. The van der Waals surface area contributed by atoms with Gasteiger partial charge in [-0.05, 0) is 42.0 Å². The second kappa shape index (κ2) is 7.67. The van der Waals surface area contributed by atoms with Gasteiger partial charge in [-0.1, -0.05) is 17.7 Å². The minimum atomic E-state index is -4.15. The SMILES string of the molecule is N#Cc1ccc(N(Cc2ccc(OS(N)(=O)=O)c(Cl)c2)n2ccnc2)cc1. The van der Waals surface area contributed by atoms with E-state index in [1.54, 1.807) is 47.7 Å². The van der Waals surface area contributed by atoms with E-state index in [0.29, 0.717) is 12.1 Å². The molecule has 0 unspecified atom stereocenters. The molecule has 3 rings (SSSR count). The van der Waals surface area contributed by atoms with Crippen LogP contribution in [0, 0.1) is 11.3 Å². The van der Waals surface area contributed by atoms with Gasteiger partial charge in [0.15, 0.2) is 5.75 Å². The molecule has 0 bridgehead atoms. The number of anilines is 1. The van der Waals surface area contributed by atoms with Crippen LogP contribution in [0.4, 0.5) is 5.69 Å². The number of rotatable bonds is 6. The molecule has 3 aromatic rings. The molecule has 2 aromatic carbocycles. The third-order valence-corrected chi connectivity index (χ3v) is 4.31. The van der Waals surface area contributed by atoms with E-state index >= 15 is 0 Å². The molecule has 8 nitrogen and oxygen atoms in total. The summed E-state index contributed by atoms with van der Waals surface area (Å²) < 4.78 is 28.5. The van der Waals surface area contributed by atoms with E-state index in [-0.39, 0.29) is 10.8 Å². The number of aromatic nitrogens is 2. The van der Waals surface area contributed by atoms with Gasteiger partial charge in [-0.3, -0.25) is 5.01 Å². The molecule has 0 spiro atoms. The van der Waals surface area contributed by atoms with Gasteiger partial charge in [-0.15, -0.1) is 0 Å². The van der Waals surface area contributed by atoms with Gasteiger partial charge in [0.05, 0.1) is 28.9 Å². The number of imidazole rings is 1. The fourth-order valence-electron chi connectivity index (χ4n) is 2.42. The highest BCUT2D eigenvalue weighted by atomic mass is 35.5. The van der Waals surface area contributed by atoms with Crippen LogP contribution in [0.15, 0.2) is 61.2 Å². The Kier molecular flexibility index (Phi) is 5.32. The Morgan fingerprint density at radius 1 is 1.26 bits per heavy atom. The van der Waals surface area contributed by atoms with Crippen LogP contribution in [0.25, 0.3) is 0 Å². The average Bonchev–Trinajstić information content (AvgIpc) is 3.15.